The van der Waals surface area contributed by atoms with E-state index >= 15 is 0 Å². The number of alkyl halides is 5. The van der Waals surface area contributed by atoms with Crippen molar-refractivity contribution in [1.29, 1.82) is 0 Å². The quantitative estimate of drug-likeness (QED) is 0.780. The van der Waals surface area contributed by atoms with Crippen molar-refractivity contribution in [2.75, 3.05) is 0 Å². The second kappa shape index (κ2) is 4.04. The maximum atomic E-state index is 13.0. The van der Waals surface area contributed by atoms with E-state index < -0.39 is 17.7 Å². The number of rotatable bonds is 2. The standard InChI is InChI=1S/C10H6F5N3/c11-9(12,10(13,14)15)7-1-3-8(4-2-7)18-6-16-5-17-18/h1-6H. The SMILES string of the molecule is FC(F)(F)C(F)(F)c1ccc(-n2cncn2)cc1. The van der Waals surface area contributed by atoms with Gasteiger partial charge in [0.1, 0.15) is 12.7 Å². The minimum atomic E-state index is -5.61. The van der Waals surface area contributed by atoms with Gasteiger partial charge >= 0.3 is 12.1 Å². The van der Waals surface area contributed by atoms with Gasteiger partial charge in [-0.05, 0) is 12.1 Å². The Morgan fingerprint density at radius 1 is 0.944 bits per heavy atom. The zero-order valence-corrected chi connectivity index (χ0v) is 8.70. The fourth-order valence-electron chi connectivity index (χ4n) is 1.33. The highest BCUT2D eigenvalue weighted by atomic mass is 19.4. The number of benzene rings is 1. The molecule has 2 rings (SSSR count). The first-order valence-electron chi connectivity index (χ1n) is 4.72. The van der Waals surface area contributed by atoms with Crippen LogP contribution in [0.2, 0.25) is 0 Å². The lowest BCUT2D eigenvalue weighted by Gasteiger charge is -2.19. The van der Waals surface area contributed by atoms with Crippen LogP contribution >= 0.6 is 0 Å². The van der Waals surface area contributed by atoms with E-state index in [9.17, 15) is 22.0 Å². The second-order valence-electron chi connectivity index (χ2n) is 3.46. The largest absolute Gasteiger partial charge is 0.458 e. The van der Waals surface area contributed by atoms with Gasteiger partial charge in [0.2, 0.25) is 0 Å². The third kappa shape index (κ3) is 2.05. The highest BCUT2D eigenvalue weighted by Gasteiger charge is 2.58. The Kier molecular flexibility index (Phi) is 2.80. The number of aromatic nitrogens is 3. The topological polar surface area (TPSA) is 30.7 Å². The summed E-state index contributed by atoms with van der Waals surface area (Å²) in [6, 6.07) is 3.66. The summed E-state index contributed by atoms with van der Waals surface area (Å²) in [5.74, 6) is -4.87. The summed E-state index contributed by atoms with van der Waals surface area (Å²) in [7, 11) is 0. The lowest BCUT2D eigenvalue weighted by molar-refractivity contribution is -0.289. The summed E-state index contributed by atoms with van der Waals surface area (Å²) >= 11 is 0. The first-order chi connectivity index (χ1) is 8.32. The Labute approximate surface area is 97.9 Å². The van der Waals surface area contributed by atoms with Gasteiger partial charge in [0.15, 0.2) is 0 Å². The first-order valence-corrected chi connectivity index (χ1v) is 4.72. The average Bonchev–Trinajstić information content (AvgIpc) is 2.81. The summed E-state index contributed by atoms with van der Waals surface area (Å²) in [6.07, 6.45) is -3.09. The Hall–Kier alpha value is -1.99. The number of hydrogen-bond acceptors (Lipinski definition) is 2. The van der Waals surface area contributed by atoms with Crippen molar-refractivity contribution >= 4 is 0 Å². The van der Waals surface area contributed by atoms with Crippen LogP contribution in [0.4, 0.5) is 22.0 Å². The van der Waals surface area contributed by atoms with Crippen LogP contribution in [0.25, 0.3) is 5.69 Å². The van der Waals surface area contributed by atoms with Crippen LogP contribution in [-0.4, -0.2) is 20.9 Å². The van der Waals surface area contributed by atoms with Crippen molar-refractivity contribution in [2.24, 2.45) is 0 Å². The van der Waals surface area contributed by atoms with Gasteiger partial charge in [-0.2, -0.15) is 27.1 Å². The number of nitrogens with zero attached hydrogens (tertiary/aromatic N) is 3. The molecule has 0 aliphatic heterocycles. The molecular weight excluding hydrogens is 257 g/mol. The Morgan fingerprint density at radius 2 is 1.56 bits per heavy atom. The minimum absolute atomic E-state index is 0.342. The third-order valence-corrected chi connectivity index (χ3v) is 2.27. The van der Waals surface area contributed by atoms with E-state index in [2.05, 4.69) is 10.1 Å². The molecule has 2 aromatic rings. The van der Waals surface area contributed by atoms with Crippen molar-refractivity contribution in [1.82, 2.24) is 14.8 Å². The van der Waals surface area contributed by atoms with E-state index in [-0.39, 0.29) is 0 Å². The van der Waals surface area contributed by atoms with Gasteiger partial charge < -0.3 is 0 Å². The van der Waals surface area contributed by atoms with Gasteiger partial charge in [-0.3, -0.25) is 0 Å². The average molecular weight is 263 g/mol. The molecule has 0 bridgehead atoms. The summed E-state index contributed by atoms with van der Waals surface area (Å²) in [5.41, 5.74) is -0.770. The number of hydrogen-bond donors (Lipinski definition) is 0. The molecule has 0 spiro atoms. The van der Waals surface area contributed by atoms with E-state index in [4.69, 9.17) is 0 Å². The van der Waals surface area contributed by atoms with Crippen molar-refractivity contribution < 1.29 is 22.0 Å². The highest BCUT2D eigenvalue weighted by molar-refractivity contribution is 5.35. The van der Waals surface area contributed by atoms with Crippen LogP contribution in [0.5, 0.6) is 0 Å². The highest BCUT2D eigenvalue weighted by Crippen LogP contribution is 2.43. The van der Waals surface area contributed by atoms with Crippen LogP contribution in [0.1, 0.15) is 5.56 Å². The molecule has 0 aliphatic carbocycles. The number of halogens is 5. The van der Waals surface area contributed by atoms with Crippen molar-refractivity contribution in [3.63, 3.8) is 0 Å². The first kappa shape index (κ1) is 12.5. The molecule has 0 amide bonds. The van der Waals surface area contributed by atoms with E-state index in [1.807, 2.05) is 0 Å². The Balaban J connectivity index is 2.34. The van der Waals surface area contributed by atoms with Crippen LogP contribution < -0.4 is 0 Å². The fourth-order valence-corrected chi connectivity index (χ4v) is 1.33. The molecule has 0 saturated carbocycles. The molecular formula is C10H6F5N3. The molecule has 96 valence electrons. The molecule has 0 N–H and O–H groups in total. The molecule has 8 heteroatoms. The van der Waals surface area contributed by atoms with E-state index in [0.717, 1.165) is 12.1 Å². The lowest BCUT2D eigenvalue weighted by Crippen LogP contribution is -2.33. The molecule has 0 saturated heterocycles. The normalized spacial score (nSPS) is 12.7. The van der Waals surface area contributed by atoms with Crippen molar-refractivity contribution in [2.45, 2.75) is 12.1 Å². The smallest absolute Gasteiger partial charge is 0.223 e. The maximum Gasteiger partial charge on any atom is 0.458 e. The Bertz CT molecular complexity index is 515. The molecule has 0 fully saturated rings. The van der Waals surface area contributed by atoms with Gasteiger partial charge in [-0.25, -0.2) is 9.67 Å². The molecule has 0 aliphatic rings. The van der Waals surface area contributed by atoms with E-state index in [1.54, 1.807) is 0 Å². The maximum absolute atomic E-state index is 13.0. The molecule has 3 nitrogen and oxygen atoms in total. The van der Waals surface area contributed by atoms with E-state index in [0.29, 0.717) is 17.8 Å². The molecule has 0 radical (unpaired) electrons. The molecule has 0 atom stereocenters. The third-order valence-electron chi connectivity index (χ3n) is 2.27. The summed E-state index contributed by atoms with van der Waals surface area (Å²) in [5, 5.41) is 3.72. The zero-order chi connectivity index (χ0) is 13.4. The molecule has 18 heavy (non-hydrogen) atoms. The van der Waals surface area contributed by atoms with Crippen LogP contribution in [-0.2, 0) is 5.92 Å². The predicted octanol–water partition coefficient (Wildman–Crippen LogP) is 2.92. The zero-order valence-electron chi connectivity index (χ0n) is 8.70. The molecule has 1 heterocycles. The van der Waals surface area contributed by atoms with Gasteiger partial charge in [-0.15, -0.1) is 0 Å². The van der Waals surface area contributed by atoms with Crippen LogP contribution in [0, 0.1) is 0 Å². The molecule has 1 aromatic carbocycles. The second-order valence-corrected chi connectivity index (χ2v) is 3.46. The molecule has 1 aromatic heterocycles. The lowest BCUT2D eigenvalue weighted by atomic mass is 10.1. The van der Waals surface area contributed by atoms with Crippen molar-refractivity contribution in [3.05, 3.63) is 42.5 Å². The monoisotopic (exact) mass is 263 g/mol. The van der Waals surface area contributed by atoms with Crippen LogP contribution in [0.3, 0.4) is 0 Å². The van der Waals surface area contributed by atoms with Gasteiger partial charge in [0.25, 0.3) is 0 Å². The predicted molar refractivity (Wildman–Crippen MR) is 51.3 cm³/mol. The van der Waals surface area contributed by atoms with Gasteiger partial charge in [0.05, 0.1) is 5.69 Å². The van der Waals surface area contributed by atoms with Gasteiger partial charge in [0, 0.05) is 5.56 Å². The van der Waals surface area contributed by atoms with Crippen molar-refractivity contribution in [3.8, 4) is 5.69 Å². The molecule has 0 unspecified atom stereocenters. The minimum Gasteiger partial charge on any atom is -0.223 e. The van der Waals surface area contributed by atoms with Crippen LogP contribution in [0.15, 0.2) is 36.9 Å². The summed E-state index contributed by atoms with van der Waals surface area (Å²) < 4.78 is 63.5. The van der Waals surface area contributed by atoms with Gasteiger partial charge in [-0.1, -0.05) is 12.1 Å². The fraction of sp³-hybridized carbons (Fsp3) is 0.200. The summed E-state index contributed by atoms with van der Waals surface area (Å²) in [6.45, 7) is 0. The Morgan fingerprint density at radius 3 is 2.00 bits per heavy atom. The summed E-state index contributed by atoms with van der Waals surface area (Å²) in [4.78, 5) is 3.63. The van der Waals surface area contributed by atoms with E-state index in [1.165, 1.54) is 17.3 Å².